The summed E-state index contributed by atoms with van der Waals surface area (Å²) in [6, 6.07) is 7.46. The van der Waals surface area contributed by atoms with Crippen molar-refractivity contribution in [2.75, 3.05) is 11.2 Å². The number of aromatic nitrogens is 3. The molecule has 1 amide bonds. The van der Waals surface area contributed by atoms with Crippen LogP contribution in [0.25, 0.3) is 11.4 Å². The van der Waals surface area contributed by atoms with Gasteiger partial charge in [0.05, 0.1) is 0 Å². The number of hydrogen-bond acceptors (Lipinski definition) is 3. The van der Waals surface area contributed by atoms with E-state index in [1.54, 1.807) is 6.33 Å². The largest absolute Gasteiger partial charge is 0.326 e. The normalized spacial score (nSPS) is 10.3. The molecular weight excluding hydrogens is 252 g/mol. The molecule has 2 rings (SSSR count). The first kappa shape index (κ1) is 12.6. The molecule has 1 aromatic heterocycles. The highest BCUT2D eigenvalue weighted by Gasteiger charge is 2.06. The van der Waals surface area contributed by atoms with E-state index in [2.05, 4.69) is 15.5 Å². The summed E-state index contributed by atoms with van der Waals surface area (Å²) in [7, 11) is 1.87. The van der Waals surface area contributed by atoms with Crippen molar-refractivity contribution in [1.82, 2.24) is 14.8 Å². The van der Waals surface area contributed by atoms with Crippen molar-refractivity contribution >= 4 is 23.2 Å². The molecule has 94 valence electrons. The van der Waals surface area contributed by atoms with Crippen molar-refractivity contribution in [1.29, 1.82) is 0 Å². The van der Waals surface area contributed by atoms with Crippen molar-refractivity contribution in [2.45, 2.75) is 6.42 Å². The number of amides is 1. The Morgan fingerprint density at radius 3 is 3.00 bits per heavy atom. The number of hydrogen-bond donors (Lipinski definition) is 1. The summed E-state index contributed by atoms with van der Waals surface area (Å²) < 4.78 is 1.82. The van der Waals surface area contributed by atoms with Crippen molar-refractivity contribution in [3.8, 4) is 11.4 Å². The predicted octanol–water partition coefficient (Wildman–Crippen LogP) is 2.05. The van der Waals surface area contributed by atoms with Crippen molar-refractivity contribution in [3.05, 3.63) is 30.6 Å². The van der Waals surface area contributed by atoms with Crippen LogP contribution in [0.5, 0.6) is 0 Å². The molecule has 0 aliphatic heterocycles. The summed E-state index contributed by atoms with van der Waals surface area (Å²) in [6.45, 7) is 0. The van der Waals surface area contributed by atoms with Gasteiger partial charge in [-0.05, 0) is 12.1 Å². The van der Waals surface area contributed by atoms with E-state index in [1.165, 1.54) is 0 Å². The minimum Gasteiger partial charge on any atom is -0.326 e. The predicted molar refractivity (Wildman–Crippen MR) is 70.4 cm³/mol. The lowest BCUT2D eigenvalue weighted by Gasteiger charge is -2.06. The Morgan fingerprint density at radius 1 is 1.50 bits per heavy atom. The Balaban J connectivity index is 2.20. The Morgan fingerprint density at radius 2 is 2.33 bits per heavy atom. The number of rotatable bonds is 4. The van der Waals surface area contributed by atoms with Gasteiger partial charge in [0, 0.05) is 30.6 Å². The maximum absolute atomic E-state index is 11.4. The molecule has 6 heteroatoms. The fraction of sp³-hybridized carbons (Fsp3) is 0.250. The van der Waals surface area contributed by atoms with Crippen LogP contribution in [0, 0.1) is 0 Å². The molecule has 0 unspecified atom stereocenters. The van der Waals surface area contributed by atoms with E-state index >= 15 is 0 Å². The third kappa shape index (κ3) is 2.87. The third-order valence-corrected chi connectivity index (χ3v) is 2.63. The van der Waals surface area contributed by atoms with Gasteiger partial charge in [-0.2, -0.15) is 0 Å². The molecule has 0 spiro atoms. The van der Waals surface area contributed by atoms with E-state index < -0.39 is 0 Å². The summed E-state index contributed by atoms with van der Waals surface area (Å²) in [5.41, 5.74) is 1.63. The molecule has 0 saturated carbocycles. The minimum absolute atomic E-state index is 0.0971. The third-order valence-electron chi connectivity index (χ3n) is 2.44. The van der Waals surface area contributed by atoms with Crippen molar-refractivity contribution < 1.29 is 4.79 Å². The number of alkyl halides is 1. The number of halogens is 1. The van der Waals surface area contributed by atoms with Gasteiger partial charge in [0.1, 0.15) is 6.33 Å². The van der Waals surface area contributed by atoms with Gasteiger partial charge in [-0.1, -0.05) is 12.1 Å². The SMILES string of the molecule is Cn1cnnc1-c1cccc(NC(=O)CCCl)c1. The zero-order valence-corrected chi connectivity index (χ0v) is 10.7. The standard InChI is InChI=1S/C12H13ClN4O/c1-17-8-14-16-12(17)9-3-2-4-10(7-9)15-11(18)5-6-13/h2-4,7-8H,5-6H2,1H3,(H,15,18). The summed E-state index contributed by atoms with van der Waals surface area (Å²) >= 11 is 5.51. The zero-order valence-electron chi connectivity index (χ0n) is 9.93. The smallest absolute Gasteiger partial charge is 0.225 e. The van der Waals surface area contributed by atoms with Crippen molar-refractivity contribution in [2.24, 2.45) is 7.05 Å². The van der Waals surface area contributed by atoms with Gasteiger partial charge in [0.25, 0.3) is 0 Å². The molecule has 5 nitrogen and oxygen atoms in total. The number of carbonyl (C=O) groups is 1. The lowest BCUT2D eigenvalue weighted by atomic mass is 10.2. The molecular formula is C12H13ClN4O. The van der Waals surface area contributed by atoms with Crippen LogP contribution in [0.15, 0.2) is 30.6 Å². The van der Waals surface area contributed by atoms with Crippen LogP contribution in [-0.4, -0.2) is 26.6 Å². The van der Waals surface area contributed by atoms with E-state index in [0.717, 1.165) is 17.1 Å². The lowest BCUT2D eigenvalue weighted by Crippen LogP contribution is -2.11. The quantitative estimate of drug-likeness (QED) is 0.860. The Bertz CT molecular complexity index is 553. The molecule has 0 bridgehead atoms. The van der Waals surface area contributed by atoms with Gasteiger partial charge in [0.15, 0.2) is 5.82 Å². The number of benzene rings is 1. The van der Waals surface area contributed by atoms with Gasteiger partial charge in [-0.15, -0.1) is 21.8 Å². The Kier molecular flexibility index (Phi) is 3.94. The van der Waals surface area contributed by atoms with Gasteiger partial charge >= 0.3 is 0 Å². The fourth-order valence-corrected chi connectivity index (χ4v) is 1.76. The zero-order chi connectivity index (χ0) is 13.0. The lowest BCUT2D eigenvalue weighted by molar-refractivity contribution is -0.115. The fourth-order valence-electron chi connectivity index (χ4n) is 1.59. The number of anilines is 1. The first-order chi connectivity index (χ1) is 8.70. The van der Waals surface area contributed by atoms with Crippen LogP contribution in [0.4, 0.5) is 5.69 Å². The highest BCUT2D eigenvalue weighted by molar-refractivity contribution is 6.19. The first-order valence-corrected chi connectivity index (χ1v) is 6.04. The van der Waals surface area contributed by atoms with Crippen LogP contribution in [0.3, 0.4) is 0 Å². The molecule has 0 fully saturated rings. The number of nitrogens with zero attached hydrogens (tertiary/aromatic N) is 3. The highest BCUT2D eigenvalue weighted by atomic mass is 35.5. The summed E-state index contributed by atoms with van der Waals surface area (Å²) in [5.74, 6) is 0.970. The molecule has 18 heavy (non-hydrogen) atoms. The van der Waals surface area contributed by atoms with E-state index in [-0.39, 0.29) is 5.91 Å². The van der Waals surface area contributed by atoms with E-state index in [4.69, 9.17) is 11.6 Å². The Hall–Kier alpha value is -1.88. The highest BCUT2D eigenvalue weighted by Crippen LogP contribution is 2.20. The molecule has 0 atom stereocenters. The van der Waals surface area contributed by atoms with Crippen LogP contribution in [-0.2, 0) is 11.8 Å². The van der Waals surface area contributed by atoms with Crippen LogP contribution in [0.1, 0.15) is 6.42 Å². The molecule has 0 radical (unpaired) electrons. The second kappa shape index (κ2) is 5.64. The topological polar surface area (TPSA) is 59.8 Å². The van der Waals surface area contributed by atoms with Crippen molar-refractivity contribution in [3.63, 3.8) is 0 Å². The number of aryl methyl sites for hydroxylation is 1. The van der Waals surface area contributed by atoms with Gasteiger partial charge in [-0.3, -0.25) is 4.79 Å². The van der Waals surface area contributed by atoms with Crippen LogP contribution >= 0.6 is 11.6 Å². The molecule has 2 aromatic rings. The molecule has 1 N–H and O–H groups in total. The summed E-state index contributed by atoms with van der Waals surface area (Å²) in [4.78, 5) is 11.4. The van der Waals surface area contributed by atoms with E-state index in [1.807, 2.05) is 35.9 Å². The molecule has 0 aliphatic rings. The average Bonchev–Trinajstić information content (AvgIpc) is 2.76. The minimum atomic E-state index is -0.0971. The van der Waals surface area contributed by atoms with Gasteiger partial charge < -0.3 is 9.88 Å². The van der Waals surface area contributed by atoms with Crippen LogP contribution < -0.4 is 5.32 Å². The molecule has 0 saturated heterocycles. The summed E-state index contributed by atoms with van der Waals surface area (Å²) in [5, 5.41) is 10.6. The van der Waals surface area contributed by atoms with E-state index in [0.29, 0.717) is 12.3 Å². The summed E-state index contributed by atoms with van der Waals surface area (Å²) in [6.07, 6.45) is 1.93. The molecule has 1 aromatic carbocycles. The van der Waals surface area contributed by atoms with Crippen LogP contribution in [0.2, 0.25) is 0 Å². The maximum Gasteiger partial charge on any atom is 0.225 e. The second-order valence-corrected chi connectivity index (χ2v) is 4.21. The number of nitrogens with one attached hydrogen (secondary N) is 1. The number of carbonyl (C=O) groups excluding carboxylic acids is 1. The first-order valence-electron chi connectivity index (χ1n) is 5.51. The molecule has 0 aliphatic carbocycles. The maximum atomic E-state index is 11.4. The second-order valence-electron chi connectivity index (χ2n) is 3.83. The van der Waals surface area contributed by atoms with E-state index in [9.17, 15) is 4.79 Å². The van der Waals surface area contributed by atoms with Gasteiger partial charge in [0.2, 0.25) is 5.91 Å². The Labute approximate surface area is 110 Å². The molecule has 1 heterocycles. The average molecular weight is 265 g/mol. The van der Waals surface area contributed by atoms with Gasteiger partial charge in [-0.25, -0.2) is 0 Å². The monoisotopic (exact) mass is 264 g/mol.